The van der Waals surface area contributed by atoms with E-state index in [1.54, 1.807) is 0 Å². The fourth-order valence-corrected chi connectivity index (χ4v) is 0. The maximum absolute atomic E-state index is 0. The van der Waals surface area contributed by atoms with Crippen LogP contribution in [-0.4, -0.2) is 86.4 Å². The van der Waals surface area contributed by atoms with Crippen molar-refractivity contribution >= 4 is 75.5 Å². The Kier molecular flexibility index (Phi) is 348. The first-order chi connectivity index (χ1) is 0. The molecule has 5 heteroatoms. The fourth-order valence-electron chi connectivity index (χ4n) is 0. The summed E-state index contributed by atoms with van der Waals surface area (Å²) in [5.41, 5.74) is 0. The molecule has 0 atom stereocenters. The van der Waals surface area contributed by atoms with Gasteiger partial charge in [-0.15, -0.1) is 0 Å². The SMILES string of the molecule is F.O.O.[CaH2].[CaH2]. The van der Waals surface area contributed by atoms with E-state index < -0.39 is 0 Å². The zero-order valence-electron chi connectivity index (χ0n) is 1.41. The molecule has 0 spiro atoms. The molecule has 0 saturated carbocycles. The summed E-state index contributed by atoms with van der Waals surface area (Å²) < 4.78 is 0. The van der Waals surface area contributed by atoms with Crippen LogP contribution in [-0.2, 0) is 0 Å². The van der Waals surface area contributed by atoms with Crippen molar-refractivity contribution in [3.63, 3.8) is 0 Å². The molecule has 0 bridgehead atoms. The maximum atomic E-state index is 0. The molecular formula is H9Ca2FO2. The van der Waals surface area contributed by atoms with Crippen LogP contribution in [0.15, 0.2) is 0 Å². The molecule has 0 aromatic rings. The first kappa shape index (κ1) is 53.3. The third-order valence-electron chi connectivity index (χ3n) is 0. The first-order valence-corrected chi connectivity index (χ1v) is 0. The van der Waals surface area contributed by atoms with Crippen molar-refractivity contribution in [2.45, 2.75) is 0 Å². The summed E-state index contributed by atoms with van der Waals surface area (Å²) >= 11 is 0. The first-order valence-electron chi connectivity index (χ1n) is 0. The number of halogens is 1. The molecule has 0 heterocycles. The quantitative estimate of drug-likeness (QED) is 0.316. The van der Waals surface area contributed by atoms with Gasteiger partial charge in [-0.2, -0.15) is 0 Å². The van der Waals surface area contributed by atoms with E-state index in [-0.39, 0.29) is 91.1 Å². The Morgan fingerprint density at radius 1 is 0.600 bits per heavy atom. The van der Waals surface area contributed by atoms with Gasteiger partial charge in [-0.25, -0.2) is 0 Å². The van der Waals surface area contributed by atoms with E-state index in [1.165, 1.54) is 0 Å². The Labute approximate surface area is 89.3 Å². The molecule has 0 aliphatic heterocycles. The van der Waals surface area contributed by atoms with Gasteiger partial charge in [-0.3, -0.25) is 4.70 Å². The summed E-state index contributed by atoms with van der Waals surface area (Å²) in [4.78, 5) is 0. The van der Waals surface area contributed by atoms with Gasteiger partial charge in [-0.1, -0.05) is 0 Å². The third-order valence-corrected chi connectivity index (χ3v) is 0. The third kappa shape index (κ3) is 21.7. The van der Waals surface area contributed by atoms with Crippen molar-refractivity contribution in [1.29, 1.82) is 0 Å². The van der Waals surface area contributed by atoms with E-state index in [9.17, 15) is 0 Å². The molecule has 0 radical (unpaired) electrons. The topological polar surface area (TPSA) is 63.0 Å². The van der Waals surface area contributed by atoms with Crippen LogP contribution in [0.3, 0.4) is 0 Å². The summed E-state index contributed by atoms with van der Waals surface area (Å²) in [6.07, 6.45) is 0. The van der Waals surface area contributed by atoms with Crippen molar-refractivity contribution in [1.82, 2.24) is 0 Å². The second-order valence-electron chi connectivity index (χ2n) is 0. The van der Waals surface area contributed by atoms with E-state index in [1.807, 2.05) is 0 Å². The molecule has 0 unspecified atom stereocenters. The van der Waals surface area contributed by atoms with Crippen molar-refractivity contribution < 1.29 is 15.7 Å². The predicted molar refractivity (Wildman–Crippen MR) is 26.8 cm³/mol. The summed E-state index contributed by atoms with van der Waals surface area (Å²) in [6, 6.07) is 0. The number of hydrogen-bond acceptors (Lipinski definition) is 0. The Morgan fingerprint density at radius 2 is 0.600 bits per heavy atom. The van der Waals surface area contributed by atoms with Crippen LogP contribution in [0.4, 0.5) is 4.70 Å². The summed E-state index contributed by atoms with van der Waals surface area (Å²) in [6.45, 7) is 0. The van der Waals surface area contributed by atoms with Gasteiger partial charge in [0.25, 0.3) is 0 Å². The molecule has 0 aliphatic rings. The summed E-state index contributed by atoms with van der Waals surface area (Å²) in [5.74, 6) is 0. The van der Waals surface area contributed by atoms with Gasteiger partial charge in [0.05, 0.1) is 0 Å². The Balaban J connectivity index is 0. The normalized spacial score (nSPS) is 0. The second-order valence-corrected chi connectivity index (χ2v) is 0. The van der Waals surface area contributed by atoms with Gasteiger partial charge >= 0.3 is 75.5 Å². The Morgan fingerprint density at radius 3 is 0.600 bits per heavy atom. The molecule has 5 heavy (non-hydrogen) atoms. The van der Waals surface area contributed by atoms with Gasteiger partial charge in [0, 0.05) is 0 Å². The van der Waals surface area contributed by atoms with Crippen LogP contribution < -0.4 is 0 Å². The monoisotopic (exact) mass is 140 g/mol. The molecule has 0 rings (SSSR count). The van der Waals surface area contributed by atoms with Gasteiger partial charge < -0.3 is 11.0 Å². The number of rotatable bonds is 0. The van der Waals surface area contributed by atoms with Crippen LogP contribution in [0.1, 0.15) is 0 Å². The average molecular weight is 140 g/mol. The van der Waals surface area contributed by atoms with E-state index in [0.717, 1.165) is 0 Å². The second kappa shape index (κ2) is 32.7. The standard InChI is InChI=1S/2Ca.FH.2H2O.4H/h;;1H;2*1H2;;;;. The van der Waals surface area contributed by atoms with E-state index in [2.05, 4.69) is 0 Å². The van der Waals surface area contributed by atoms with E-state index >= 15 is 0 Å². The van der Waals surface area contributed by atoms with Crippen molar-refractivity contribution in [2.24, 2.45) is 0 Å². The molecule has 4 N–H and O–H groups in total. The molecular weight excluding hydrogens is 131 g/mol. The van der Waals surface area contributed by atoms with E-state index in [0.29, 0.717) is 0 Å². The molecule has 0 amide bonds. The van der Waals surface area contributed by atoms with Gasteiger partial charge in [-0.05, 0) is 0 Å². The number of hydrogen-bond donors (Lipinski definition) is 0. The average Bonchev–Trinajstić information content (AvgIpc) is 0. The Bertz CT molecular complexity index is 7.61. The molecule has 2 nitrogen and oxygen atoms in total. The molecule has 0 fully saturated rings. The summed E-state index contributed by atoms with van der Waals surface area (Å²) in [5, 5.41) is 0. The van der Waals surface area contributed by atoms with Crippen LogP contribution in [0, 0.1) is 0 Å². The minimum atomic E-state index is 0. The summed E-state index contributed by atoms with van der Waals surface area (Å²) in [7, 11) is 0. The van der Waals surface area contributed by atoms with Crippen LogP contribution in [0.2, 0.25) is 0 Å². The predicted octanol–water partition coefficient (Wildman–Crippen LogP) is -3.33. The molecule has 0 aromatic carbocycles. The molecule has 0 aliphatic carbocycles. The minimum absolute atomic E-state index is 0. The zero-order valence-corrected chi connectivity index (χ0v) is 1.41. The van der Waals surface area contributed by atoms with E-state index in [4.69, 9.17) is 0 Å². The van der Waals surface area contributed by atoms with Crippen LogP contribution in [0.25, 0.3) is 0 Å². The van der Waals surface area contributed by atoms with Gasteiger partial charge in [0.15, 0.2) is 0 Å². The van der Waals surface area contributed by atoms with Crippen molar-refractivity contribution in [3.05, 3.63) is 0 Å². The molecule has 0 saturated heterocycles. The van der Waals surface area contributed by atoms with Gasteiger partial charge in [0.2, 0.25) is 0 Å². The van der Waals surface area contributed by atoms with Crippen molar-refractivity contribution in [3.8, 4) is 0 Å². The Hall–Kier alpha value is 2.37. The van der Waals surface area contributed by atoms with Crippen molar-refractivity contribution in [2.75, 3.05) is 0 Å². The van der Waals surface area contributed by atoms with Gasteiger partial charge in [0.1, 0.15) is 0 Å². The molecule has 32 valence electrons. The van der Waals surface area contributed by atoms with Crippen LogP contribution >= 0.6 is 0 Å². The zero-order chi connectivity index (χ0) is 0. The van der Waals surface area contributed by atoms with Crippen LogP contribution in [0.5, 0.6) is 0 Å². The molecule has 0 aromatic heterocycles. The fraction of sp³-hybridized carbons (Fsp3) is 0.